The minimum atomic E-state index is -3.21. The van der Waals surface area contributed by atoms with Gasteiger partial charge in [-0.1, -0.05) is 12.8 Å². The molecule has 1 saturated carbocycles. The number of sulfonamides is 1. The summed E-state index contributed by atoms with van der Waals surface area (Å²) in [5.41, 5.74) is 6.21. The lowest BCUT2D eigenvalue weighted by Crippen LogP contribution is -2.52. The summed E-state index contributed by atoms with van der Waals surface area (Å²) in [5.74, 6) is 1.47. The number of aromatic nitrogens is 2. The number of nitrogens with zero attached hydrogens (tertiary/aromatic N) is 5. The van der Waals surface area contributed by atoms with Crippen molar-refractivity contribution in [2.45, 2.75) is 31.7 Å². The predicted molar refractivity (Wildman–Crippen MR) is 121 cm³/mol. The zero-order valence-corrected chi connectivity index (χ0v) is 19.3. The summed E-state index contributed by atoms with van der Waals surface area (Å²) in [6.45, 7) is 3.68. The van der Waals surface area contributed by atoms with Gasteiger partial charge in [0.2, 0.25) is 16.0 Å². The summed E-state index contributed by atoms with van der Waals surface area (Å²) in [6.07, 6.45) is 8.70. The second-order valence-corrected chi connectivity index (χ2v) is 9.04. The molecule has 2 aliphatic rings. The molecule has 1 aromatic rings. The van der Waals surface area contributed by atoms with Gasteiger partial charge in [0, 0.05) is 51.2 Å². The number of hydrogen-bond donors (Lipinski definition) is 2. The lowest BCUT2D eigenvalue weighted by atomic mass is 9.85. The van der Waals surface area contributed by atoms with Crippen LogP contribution in [0.15, 0.2) is 23.5 Å². The molecule has 1 aliphatic carbocycles. The van der Waals surface area contributed by atoms with E-state index in [9.17, 15) is 8.42 Å². The smallest absolute Gasteiger partial charge is 0.225 e. The molecule has 2 atom stereocenters. The fourth-order valence-electron chi connectivity index (χ4n) is 3.76. The third-order valence-corrected chi connectivity index (χ3v) is 5.93. The summed E-state index contributed by atoms with van der Waals surface area (Å²) < 4.78 is 25.9. The van der Waals surface area contributed by atoms with E-state index in [1.165, 1.54) is 6.26 Å². The van der Waals surface area contributed by atoms with E-state index in [1.807, 2.05) is 6.07 Å². The lowest BCUT2D eigenvalue weighted by molar-refractivity contribution is 0.295. The van der Waals surface area contributed by atoms with Crippen molar-refractivity contribution >= 4 is 45.9 Å². The molecule has 0 radical (unpaired) electrons. The molecule has 158 valence electrons. The van der Waals surface area contributed by atoms with Gasteiger partial charge in [-0.2, -0.15) is 0 Å². The normalized spacial score (nSPS) is 24.0. The number of piperazine rings is 1. The Labute approximate surface area is 184 Å². The first-order valence-corrected chi connectivity index (χ1v) is 11.4. The molecule has 1 aliphatic heterocycles. The number of halogens is 1. The number of nitrogens with one attached hydrogen (secondary N) is 1. The summed E-state index contributed by atoms with van der Waals surface area (Å²) in [5, 5.41) is 0. The molecule has 28 heavy (non-hydrogen) atoms. The number of aliphatic imine (C=N–C) groups is 1. The maximum atomic E-state index is 11.6. The van der Waals surface area contributed by atoms with Gasteiger partial charge in [0.05, 0.1) is 6.26 Å². The van der Waals surface area contributed by atoms with Crippen LogP contribution >= 0.6 is 24.0 Å². The Bertz CT molecular complexity index is 739. The SMILES string of the molecule is CS(=O)(=O)NC1CCCCC1CN=C(N)N1CCN(c2ncccn2)CC1.I. The molecule has 0 amide bonds. The zero-order valence-electron chi connectivity index (χ0n) is 16.2. The Morgan fingerprint density at radius 1 is 1.21 bits per heavy atom. The van der Waals surface area contributed by atoms with Crippen LogP contribution < -0.4 is 15.4 Å². The van der Waals surface area contributed by atoms with Gasteiger partial charge < -0.3 is 15.5 Å². The number of rotatable bonds is 5. The summed E-state index contributed by atoms with van der Waals surface area (Å²) in [4.78, 5) is 17.4. The molecule has 2 heterocycles. The molecule has 1 aromatic heterocycles. The molecule has 0 aromatic carbocycles. The Balaban J connectivity index is 0.00000280. The highest BCUT2D eigenvalue weighted by Gasteiger charge is 2.27. The van der Waals surface area contributed by atoms with Crippen LogP contribution in [0.25, 0.3) is 0 Å². The molecule has 9 nitrogen and oxygen atoms in total. The third kappa shape index (κ3) is 6.69. The molecular formula is C17H30IN7O2S. The van der Waals surface area contributed by atoms with Gasteiger partial charge >= 0.3 is 0 Å². The second kappa shape index (κ2) is 10.5. The second-order valence-electron chi connectivity index (χ2n) is 7.26. The monoisotopic (exact) mass is 523 g/mol. The standard InChI is InChI=1S/C17H29N7O2S.HI/c1-27(25,26)22-15-6-3-2-5-14(15)13-21-16(18)23-9-11-24(12-10-23)17-19-7-4-8-20-17;/h4,7-8,14-15,22H,2-3,5-6,9-13H2,1H3,(H2,18,21);1H. The van der Waals surface area contributed by atoms with Crippen LogP contribution in [-0.2, 0) is 10.0 Å². The average molecular weight is 523 g/mol. The van der Waals surface area contributed by atoms with E-state index in [0.717, 1.165) is 57.8 Å². The van der Waals surface area contributed by atoms with E-state index in [2.05, 4.69) is 29.5 Å². The van der Waals surface area contributed by atoms with Crippen molar-refractivity contribution < 1.29 is 8.42 Å². The maximum Gasteiger partial charge on any atom is 0.225 e. The molecule has 3 N–H and O–H groups in total. The topological polar surface area (TPSA) is 117 Å². The highest BCUT2D eigenvalue weighted by atomic mass is 127. The summed E-state index contributed by atoms with van der Waals surface area (Å²) in [7, 11) is -3.21. The molecular weight excluding hydrogens is 493 g/mol. The van der Waals surface area contributed by atoms with Crippen LogP contribution in [0.5, 0.6) is 0 Å². The Morgan fingerprint density at radius 2 is 1.86 bits per heavy atom. The Morgan fingerprint density at radius 3 is 2.50 bits per heavy atom. The fraction of sp³-hybridized carbons (Fsp3) is 0.706. The summed E-state index contributed by atoms with van der Waals surface area (Å²) >= 11 is 0. The van der Waals surface area contributed by atoms with Crippen LogP contribution in [-0.4, -0.2) is 74.3 Å². The molecule has 3 rings (SSSR count). The van der Waals surface area contributed by atoms with E-state index in [1.54, 1.807) is 12.4 Å². The van der Waals surface area contributed by atoms with Gasteiger partial charge in [-0.25, -0.2) is 23.1 Å². The minimum absolute atomic E-state index is 0. The van der Waals surface area contributed by atoms with Crippen LogP contribution in [0.1, 0.15) is 25.7 Å². The van der Waals surface area contributed by atoms with Crippen LogP contribution in [0.2, 0.25) is 0 Å². The molecule has 0 spiro atoms. The lowest BCUT2D eigenvalue weighted by Gasteiger charge is -2.35. The first kappa shape index (κ1) is 23.1. The molecule has 11 heteroatoms. The fourth-order valence-corrected chi connectivity index (χ4v) is 4.62. The van der Waals surface area contributed by atoms with E-state index in [4.69, 9.17) is 5.73 Å². The minimum Gasteiger partial charge on any atom is -0.370 e. The number of guanidine groups is 1. The Kier molecular flexibility index (Phi) is 8.68. The van der Waals surface area contributed by atoms with Crippen molar-refractivity contribution in [3.05, 3.63) is 18.5 Å². The predicted octanol–water partition coefficient (Wildman–Crippen LogP) is 0.639. The van der Waals surface area contributed by atoms with E-state index in [-0.39, 0.29) is 35.9 Å². The quantitative estimate of drug-likeness (QED) is 0.331. The summed E-state index contributed by atoms with van der Waals surface area (Å²) in [6, 6.07) is 1.76. The first-order valence-electron chi connectivity index (χ1n) is 9.46. The van der Waals surface area contributed by atoms with Crippen LogP contribution in [0.4, 0.5) is 5.95 Å². The Hall–Kier alpha value is -1.21. The maximum absolute atomic E-state index is 11.6. The van der Waals surface area contributed by atoms with E-state index in [0.29, 0.717) is 12.5 Å². The van der Waals surface area contributed by atoms with Gasteiger partial charge in [-0.05, 0) is 24.8 Å². The van der Waals surface area contributed by atoms with Crippen molar-refractivity contribution in [3.8, 4) is 0 Å². The van der Waals surface area contributed by atoms with Crippen LogP contribution in [0, 0.1) is 5.92 Å². The molecule has 2 fully saturated rings. The number of hydrogen-bond acceptors (Lipinski definition) is 6. The van der Waals surface area contributed by atoms with Crippen molar-refractivity contribution in [1.82, 2.24) is 19.6 Å². The van der Waals surface area contributed by atoms with Crippen molar-refractivity contribution in [2.24, 2.45) is 16.6 Å². The van der Waals surface area contributed by atoms with Crippen LogP contribution in [0.3, 0.4) is 0 Å². The van der Waals surface area contributed by atoms with E-state index < -0.39 is 10.0 Å². The molecule has 2 unspecified atom stereocenters. The zero-order chi connectivity index (χ0) is 19.3. The average Bonchev–Trinajstić information content (AvgIpc) is 2.67. The van der Waals surface area contributed by atoms with Gasteiger partial charge in [-0.15, -0.1) is 24.0 Å². The van der Waals surface area contributed by atoms with Gasteiger partial charge in [-0.3, -0.25) is 4.99 Å². The first-order chi connectivity index (χ1) is 12.9. The van der Waals surface area contributed by atoms with E-state index >= 15 is 0 Å². The van der Waals surface area contributed by atoms with Crippen molar-refractivity contribution in [1.29, 1.82) is 0 Å². The molecule has 1 saturated heterocycles. The highest BCUT2D eigenvalue weighted by molar-refractivity contribution is 14.0. The number of anilines is 1. The number of nitrogens with two attached hydrogens (primary N) is 1. The van der Waals surface area contributed by atoms with Gasteiger partial charge in [0.1, 0.15) is 0 Å². The van der Waals surface area contributed by atoms with Crippen molar-refractivity contribution in [2.75, 3.05) is 43.9 Å². The third-order valence-electron chi connectivity index (χ3n) is 5.20. The van der Waals surface area contributed by atoms with Crippen molar-refractivity contribution in [3.63, 3.8) is 0 Å². The van der Waals surface area contributed by atoms with Gasteiger partial charge in [0.15, 0.2) is 5.96 Å². The molecule has 0 bridgehead atoms. The highest BCUT2D eigenvalue weighted by Crippen LogP contribution is 2.25. The largest absolute Gasteiger partial charge is 0.370 e. The van der Waals surface area contributed by atoms with Gasteiger partial charge in [0.25, 0.3) is 0 Å².